The van der Waals surface area contributed by atoms with Crippen LogP contribution in [0.4, 0.5) is 35.1 Å². The minimum absolute atomic E-state index is 0.0144. The minimum Gasteiger partial charge on any atom is -0.486 e. The van der Waals surface area contributed by atoms with Gasteiger partial charge in [0.05, 0.1) is 5.56 Å². The van der Waals surface area contributed by atoms with Gasteiger partial charge in [-0.15, -0.1) is 0 Å². The molecule has 2 aromatic carbocycles. The second-order valence-corrected chi connectivity index (χ2v) is 6.37. The maximum absolute atomic E-state index is 13.7. The molecule has 1 aliphatic rings. The van der Waals surface area contributed by atoms with Crippen molar-refractivity contribution < 1.29 is 49.4 Å². The van der Waals surface area contributed by atoms with Gasteiger partial charge in [-0.1, -0.05) is 36.4 Å². The van der Waals surface area contributed by atoms with Crippen LogP contribution in [0.5, 0.6) is 5.75 Å². The molecule has 0 aliphatic heterocycles. The van der Waals surface area contributed by atoms with Crippen LogP contribution in [0, 0.1) is 0 Å². The molecule has 0 saturated heterocycles. The quantitative estimate of drug-likeness (QED) is 0.509. The standard InChI is InChI=1S/C19H10F8O3/c20-16(21)18(24,25)19(26,27)17(22,23)8-30-12-7-3-6-11-13(12)15(29)10-5-2-1-4-9(10)14(11)28/h1-7,16H,8H2. The number of ketones is 2. The summed E-state index contributed by atoms with van der Waals surface area (Å²) in [7, 11) is 0. The molecule has 30 heavy (non-hydrogen) atoms. The Hall–Kier alpha value is -2.98. The SMILES string of the molecule is O=C1c2ccccc2C(=O)c2c(OCC(F)(F)C(F)(F)C(F)(F)C(F)F)cccc21. The average Bonchev–Trinajstić information content (AvgIpc) is 2.69. The first-order valence-corrected chi connectivity index (χ1v) is 8.18. The maximum Gasteiger partial charge on any atom is 0.381 e. The fourth-order valence-electron chi connectivity index (χ4n) is 2.87. The van der Waals surface area contributed by atoms with Crippen molar-refractivity contribution in [2.75, 3.05) is 6.61 Å². The van der Waals surface area contributed by atoms with E-state index in [-0.39, 0.29) is 16.7 Å². The zero-order valence-electron chi connectivity index (χ0n) is 14.6. The van der Waals surface area contributed by atoms with Gasteiger partial charge in [0, 0.05) is 16.7 Å². The van der Waals surface area contributed by atoms with Crippen LogP contribution in [0.3, 0.4) is 0 Å². The molecule has 0 bridgehead atoms. The van der Waals surface area contributed by atoms with Crippen LogP contribution in [-0.2, 0) is 0 Å². The Kier molecular flexibility index (Phi) is 5.11. The molecule has 0 saturated carbocycles. The van der Waals surface area contributed by atoms with E-state index in [1.807, 2.05) is 0 Å². The third-order valence-corrected chi connectivity index (χ3v) is 4.48. The summed E-state index contributed by atoms with van der Waals surface area (Å²) < 4.78 is 109. The molecule has 160 valence electrons. The van der Waals surface area contributed by atoms with E-state index in [9.17, 15) is 44.7 Å². The highest BCUT2D eigenvalue weighted by Gasteiger charge is 2.75. The molecule has 0 radical (unpaired) electrons. The number of fused-ring (bicyclic) bond motifs is 2. The first-order valence-electron chi connectivity index (χ1n) is 8.18. The zero-order chi connectivity index (χ0) is 22.5. The highest BCUT2D eigenvalue weighted by Crippen LogP contribution is 2.48. The zero-order valence-corrected chi connectivity index (χ0v) is 14.6. The van der Waals surface area contributed by atoms with Crippen molar-refractivity contribution in [3.8, 4) is 5.75 Å². The largest absolute Gasteiger partial charge is 0.486 e. The van der Waals surface area contributed by atoms with Crippen LogP contribution in [0.15, 0.2) is 42.5 Å². The van der Waals surface area contributed by atoms with E-state index in [0.29, 0.717) is 0 Å². The third kappa shape index (κ3) is 3.12. The predicted octanol–water partition coefficient (Wildman–Crippen LogP) is 5.01. The molecule has 0 heterocycles. The molecule has 0 atom stereocenters. The van der Waals surface area contributed by atoms with Crippen LogP contribution in [0.1, 0.15) is 31.8 Å². The molecule has 3 rings (SSSR count). The number of carbonyl (C=O) groups is 2. The summed E-state index contributed by atoms with van der Waals surface area (Å²) in [6.45, 7) is -2.44. The topological polar surface area (TPSA) is 43.4 Å². The van der Waals surface area contributed by atoms with E-state index >= 15 is 0 Å². The Morgan fingerprint density at radius 1 is 0.767 bits per heavy atom. The molecule has 0 fully saturated rings. The summed E-state index contributed by atoms with van der Waals surface area (Å²) in [5.41, 5.74) is -0.891. The van der Waals surface area contributed by atoms with Crippen molar-refractivity contribution in [2.45, 2.75) is 24.2 Å². The molecular weight excluding hydrogens is 428 g/mol. The molecule has 0 aromatic heterocycles. The molecular formula is C19H10F8O3. The molecule has 0 N–H and O–H groups in total. The lowest BCUT2D eigenvalue weighted by Crippen LogP contribution is -2.59. The summed E-state index contributed by atoms with van der Waals surface area (Å²) in [6, 6.07) is 8.64. The number of halogens is 8. The normalized spacial score (nSPS) is 14.6. The van der Waals surface area contributed by atoms with Gasteiger partial charge in [0.2, 0.25) is 0 Å². The Bertz CT molecular complexity index is 1020. The second-order valence-electron chi connectivity index (χ2n) is 6.37. The van der Waals surface area contributed by atoms with Crippen molar-refractivity contribution in [1.82, 2.24) is 0 Å². The van der Waals surface area contributed by atoms with Crippen molar-refractivity contribution in [3.63, 3.8) is 0 Å². The Morgan fingerprint density at radius 2 is 1.30 bits per heavy atom. The maximum atomic E-state index is 13.7. The van der Waals surface area contributed by atoms with Crippen molar-refractivity contribution in [2.24, 2.45) is 0 Å². The first kappa shape index (κ1) is 21.7. The number of hydrogen-bond donors (Lipinski definition) is 0. The molecule has 0 amide bonds. The van der Waals surface area contributed by atoms with Gasteiger partial charge in [-0.25, -0.2) is 8.78 Å². The predicted molar refractivity (Wildman–Crippen MR) is 86.1 cm³/mol. The molecule has 3 nitrogen and oxygen atoms in total. The van der Waals surface area contributed by atoms with Gasteiger partial charge in [0.15, 0.2) is 18.2 Å². The summed E-state index contributed by atoms with van der Waals surface area (Å²) in [6.07, 6.45) is -5.06. The van der Waals surface area contributed by atoms with Crippen molar-refractivity contribution in [1.29, 1.82) is 0 Å². The fourth-order valence-corrected chi connectivity index (χ4v) is 2.87. The van der Waals surface area contributed by atoms with Gasteiger partial charge in [-0.05, 0) is 6.07 Å². The third-order valence-electron chi connectivity index (χ3n) is 4.48. The van der Waals surface area contributed by atoms with Crippen LogP contribution >= 0.6 is 0 Å². The molecule has 1 aliphatic carbocycles. The van der Waals surface area contributed by atoms with Crippen LogP contribution in [0.2, 0.25) is 0 Å². The Morgan fingerprint density at radius 3 is 1.87 bits per heavy atom. The van der Waals surface area contributed by atoms with Crippen molar-refractivity contribution >= 4 is 11.6 Å². The van der Waals surface area contributed by atoms with E-state index < -0.39 is 53.7 Å². The minimum atomic E-state index is -6.45. The monoisotopic (exact) mass is 438 g/mol. The lowest BCUT2D eigenvalue weighted by Gasteiger charge is -2.32. The van der Waals surface area contributed by atoms with E-state index in [0.717, 1.165) is 18.2 Å². The molecule has 2 aromatic rings. The highest BCUT2D eigenvalue weighted by atomic mass is 19.4. The second kappa shape index (κ2) is 7.06. The number of ether oxygens (including phenoxy) is 1. The van der Waals surface area contributed by atoms with Gasteiger partial charge in [-0.2, -0.15) is 26.3 Å². The van der Waals surface area contributed by atoms with Gasteiger partial charge in [0.1, 0.15) is 5.75 Å². The van der Waals surface area contributed by atoms with Gasteiger partial charge in [0.25, 0.3) is 0 Å². The Labute approximate surface area is 163 Å². The van der Waals surface area contributed by atoms with Crippen LogP contribution in [-0.4, -0.2) is 42.4 Å². The van der Waals surface area contributed by atoms with E-state index in [2.05, 4.69) is 4.74 Å². The molecule has 0 spiro atoms. The smallest absolute Gasteiger partial charge is 0.381 e. The fraction of sp³-hybridized carbons (Fsp3) is 0.263. The lowest BCUT2D eigenvalue weighted by atomic mass is 9.83. The number of alkyl halides is 8. The van der Waals surface area contributed by atoms with Crippen LogP contribution in [0.25, 0.3) is 0 Å². The van der Waals surface area contributed by atoms with Gasteiger partial charge in [-0.3, -0.25) is 9.59 Å². The number of rotatable bonds is 6. The van der Waals surface area contributed by atoms with E-state index in [4.69, 9.17) is 0 Å². The first-order chi connectivity index (χ1) is 13.8. The molecule has 0 unspecified atom stereocenters. The van der Waals surface area contributed by atoms with Crippen molar-refractivity contribution in [3.05, 3.63) is 64.7 Å². The number of carbonyl (C=O) groups excluding carboxylic acids is 2. The number of benzene rings is 2. The van der Waals surface area contributed by atoms with Gasteiger partial charge < -0.3 is 4.74 Å². The number of hydrogen-bond acceptors (Lipinski definition) is 3. The van der Waals surface area contributed by atoms with Gasteiger partial charge >= 0.3 is 24.2 Å². The summed E-state index contributed by atoms with van der Waals surface area (Å²) in [5, 5.41) is 0. The molecule has 11 heteroatoms. The summed E-state index contributed by atoms with van der Waals surface area (Å²) in [4.78, 5) is 25.2. The highest BCUT2D eigenvalue weighted by molar-refractivity contribution is 6.29. The van der Waals surface area contributed by atoms with Crippen LogP contribution < -0.4 is 4.74 Å². The average molecular weight is 438 g/mol. The Balaban J connectivity index is 1.95. The van der Waals surface area contributed by atoms with E-state index in [1.165, 1.54) is 24.3 Å². The summed E-state index contributed by atoms with van der Waals surface area (Å²) in [5.74, 6) is -20.8. The lowest BCUT2D eigenvalue weighted by molar-refractivity contribution is -0.342. The summed E-state index contributed by atoms with van der Waals surface area (Å²) >= 11 is 0. The van der Waals surface area contributed by atoms with E-state index in [1.54, 1.807) is 0 Å².